The minimum Gasteiger partial charge on any atom is -0.471 e. The molecule has 0 spiro atoms. The van der Waals surface area contributed by atoms with Crippen molar-refractivity contribution in [3.8, 4) is 0 Å². The Labute approximate surface area is 172 Å². The van der Waals surface area contributed by atoms with E-state index >= 15 is 0 Å². The van der Waals surface area contributed by atoms with Gasteiger partial charge in [-0.3, -0.25) is 0 Å². The van der Waals surface area contributed by atoms with Crippen LogP contribution in [0.4, 0.5) is 0 Å². The quantitative estimate of drug-likeness (QED) is 0.237. The largest absolute Gasteiger partial charge is 0.471 e. The molecule has 1 aliphatic carbocycles. The second kappa shape index (κ2) is 8.30. The monoisotopic (exact) mass is 436 g/mol. The number of carbonyl (C=O) groups is 1. The van der Waals surface area contributed by atoms with Crippen molar-refractivity contribution in [3.05, 3.63) is 11.8 Å². The topological polar surface area (TPSA) is 185 Å². The number of esters is 1. The van der Waals surface area contributed by atoms with Crippen molar-refractivity contribution < 1.29 is 59.1 Å². The minimum atomic E-state index is -1.96. The molecular formula is C18H28O12. The molecular weight excluding hydrogens is 408 g/mol. The van der Waals surface area contributed by atoms with Gasteiger partial charge in [0.25, 0.3) is 0 Å². The second-order valence-corrected chi connectivity index (χ2v) is 7.92. The zero-order chi connectivity index (χ0) is 22.4. The molecule has 2 heterocycles. The van der Waals surface area contributed by atoms with Crippen LogP contribution in [0.15, 0.2) is 11.8 Å². The fourth-order valence-electron chi connectivity index (χ4n) is 4.47. The van der Waals surface area contributed by atoms with E-state index in [1.165, 1.54) is 14.0 Å². The van der Waals surface area contributed by atoms with E-state index in [0.29, 0.717) is 0 Å². The normalized spacial score (nSPS) is 48.5. The molecule has 10 atom stereocenters. The predicted molar refractivity (Wildman–Crippen MR) is 94.3 cm³/mol. The van der Waals surface area contributed by atoms with Gasteiger partial charge in [-0.1, -0.05) is 0 Å². The van der Waals surface area contributed by atoms with Crippen LogP contribution in [-0.2, 0) is 28.5 Å². The van der Waals surface area contributed by atoms with Crippen molar-refractivity contribution in [1.29, 1.82) is 0 Å². The van der Waals surface area contributed by atoms with E-state index in [1.807, 2.05) is 0 Å². The van der Waals surface area contributed by atoms with E-state index in [9.17, 15) is 35.4 Å². The maximum Gasteiger partial charge on any atom is 0.339 e. The standard InChI is InChI=1S/C18H28O12/c1-17(24)9(26-2)4-18(25)7(14(23)27-3)6-28-16(13(17)18)30-15-12(22)11(21)10(20)8(5-19)29-15/h6,8-13,15-16,19-22,24-25H,4-5H2,1-3H3. The minimum absolute atomic E-state index is 0.181. The maximum atomic E-state index is 12.2. The molecule has 0 aromatic heterocycles. The lowest BCUT2D eigenvalue weighted by Gasteiger charge is -2.46. The molecule has 0 bridgehead atoms. The van der Waals surface area contributed by atoms with Crippen LogP contribution >= 0.6 is 0 Å². The van der Waals surface area contributed by atoms with E-state index in [-0.39, 0.29) is 12.0 Å². The van der Waals surface area contributed by atoms with Gasteiger partial charge < -0.3 is 54.3 Å². The predicted octanol–water partition coefficient (Wildman–Crippen LogP) is -3.27. The average Bonchev–Trinajstić information content (AvgIpc) is 2.93. The molecule has 12 nitrogen and oxygen atoms in total. The number of carbonyl (C=O) groups excluding carboxylic acids is 1. The van der Waals surface area contributed by atoms with Gasteiger partial charge in [0.1, 0.15) is 35.6 Å². The van der Waals surface area contributed by atoms with Gasteiger partial charge in [-0.05, 0) is 6.92 Å². The molecule has 10 unspecified atom stereocenters. The number of hydrogen-bond acceptors (Lipinski definition) is 12. The number of aliphatic hydroxyl groups excluding tert-OH is 4. The van der Waals surface area contributed by atoms with Crippen LogP contribution in [0.25, 0.3) is 0 Å². The van der Waals surface area contributed by atoms with E-state index in [0.717, 1.165) is 13.4 Å². The van der Waals surface area contributed by atoms with Crippen molar-refractivity contribution in [2.45, 2.75) is 67.6 Å². The summed E-state index contributed by atoms with van der Waals surface area (Å²) >= 11 is 0. The van der Waals surface area contributed by atoms with Crippen LogP contribution in [0.3, 0.4) is 0 Å². The number of aliphatic hydroxyl groups is 6. The van der Waals surface area contributed by atoms with E-state index in [1.54, 1.807) is 0 Å². The molecule has 0 radical (unpaired) electrons. The lowest BCUT2D eigenvalue weighted by Crippen LogP contribution is -2.62. The van der Waals surface area contributed by atoms with Crippen LogP contribution in [0.5, 0.6) is 0 Å². The Morgan fingerprint density at radius 2 is 1.83 bits per heavy atom. The van der Waals surface area contributed by atoms with Crippen molar-refractivity contribution in [1.82, 2.24) is 0 Å². The van der Waals surface area contributed by atoms with Gasteiger partial charge in [-0.15, -0.1) is 0 Å². The molecule has 2 aliphatic heterocycles. The molecule has 0 aromatic carbocycles. The number of hydrogen-bond donors (Lipinski definition) is 6. The van der Waals surface area contributed by atoms with Crippen molar-refractivity contribution in [3.63, 3.8) is 0 Å². The van der Waals surface area contributed by atoms with Gasteiger partial charge in [-0.25, -0.2) is 4.79 Å². The molecule has 172 valence electrons. The molecule has 3 aliphatic rings. The van der Waals surface area contributed by atoms with E-state index in [4.69, 9.17) is 23.7 Å². The third-order valence-electron chi connectivity index (χ3n) is 6.16. The Morgan fingerprint density at radius 1 is 1.17 bits per heavy atom. The summed E-state index contributed by atoms with van der Waals surface area (Å²) in [5.41, 5.74) is -3.96. The molecule has 2 fully saturated rings. The first-order valence-electron chi connectivity index (χ1n) is 9.40. The number of methoxy groups -OCH3 is 2. The van der Waals surface area contributed by atoms with Crippen molar-refractivity contribution in [2.24, 2.45) is 5.92 Å². The highest BCUT2D eigenvalue weighted by atomic mass is 16.8. The summed E-state index contributed by atoms with van der Waals surface area (Å²) in [6.07, 6.45) is -9.44. The molecule has 12 heteroatoms. The number of ether oxygens (including phenoxy) is 5. The summed E-state index contributed by atoms with van der Waals surface area (Å²) in [4.78, 5) is 12.2. The van der Waals surface area contributed by atoms with E-state index < -0.39 is 72.8 Å². The van der Waals surface area contributed by atoms with Gasteiger partial charge >= 0.3 is 5.97 Å². The Hall–Kier alpha value is -1.35. The fourth-order valence-corrected chi connectivity index (χ4v) is 4.47. The van der Waals surface area contributed by atoms with Gasteiger partial charge in [0.15, 0.2) is 6.29 Å². The third kappa shape index (κ3) is 3.51. The zero-order valence-electron chi connectivity index (χ0n) is 16.7. The Morgan fingerprint density at radius 3 is 2.40 bits per heavy atom. The second-order valence-electron chi connectivity index (χ2n) is 7.92. The Balaban J connectivity index is 1.93. The smallest absolute Gasteiger partial charge is 0.339 e. The summed E-state index contributed by atoms with van der Waals surface area (Å²) < 4.78 is 26.3. The summed E-state index contributed by atoms with van der Waals surface area (Å²) in [5.74, 6) is -2.16. The van der Waals surface area contributed by atoms with Crippen LogP contribution in [-0.4, -0.2) is 112 Å². The van der Waals surface area contributed by atoms with Gasteiger partial charge in [-0.2, -0.15) is 0 Å². The third-order valence-corrected chi connectivity index (χ3v) is 6.16. The van der Waals surface area contributed by atoms with Gasteiger partial charge in [0.05, 0.1) is 37.6 Å². The van der Waals surface area contributed by atoms with Gasteiger partial charge in [0.2, 0.25) is 6.29 Å². The highest BCUT2D eigenvalue weighted by Crippen LogP contribution is 2.53. The zero-order valence-corrected chi connectivity index (χ0v) is 16.7. The van der Waals surface area contributed by atoms with E-state index in [2.05, 4.69) is 0 Å². The van der Waals surface area contributed by atoms with Crippen molar-refractivity contribution >= 4 is 5.97 Å². The summed E-state index contributed by atoms with van der Waals surface area (Å²) in [6.45, 7) is 0.705. The van der Waals surface area contributed by atoms with Crippen LogP contribution in [0, 0.1) is 5.92 Å². The first-order valence-corrected chi connectivity index (χ1v) is 9.40. The summed E-state index contributed by atoms with van der Waals surface area (Å²) in [5, 5.41) is 61.9. The maximum absolute atomic E-state index is 12.2. The molecule has 0 aromatic rings. The highest BCUT2D eigenvalue weighted by Gasteiger charge is 2.68. The average molecular weight is 436 g/mol. The molecule has 0 amide bonds. The summed E-state index contributed by atoms with van der Waals surface area (Å²) in [6, 6.07) is 0. The highest BCUT2D eigenvalue weighted by molar-refractivity contribution is 5.91. The molecule has 6 N–H and O–H groups in total. The number of fused-ring (bicyclic) bond motifs is 1. The summed E-state index contributed by atoms with van der Waals surface area (Å²) in [7, 11) is 2.45. The number of rotatable bonds is 5. The SMILES string of the molecule is COC(=O)C1=COC(OC2OC(CO)C(O)C(O)C2O)C2C1(O)CC(OC)C2(C)O. The Kier molecular flexibility index (Phi) is 6.45. The van der Waals surface area contributed by atoms with Crippen LogP contribution in [0.1, 0.15) is 13.3 Å². The molecule has 1 saturated carbocycles. The first-order chi connectivity index (χ1) is 14.0. The Bertz CT molecular complexity index is 678. The first kappa shape index (κ1) is 23.3. The van der Waals surface area contributed by atoms with Crippen LogP contribution in [0.2, 0.25) is 0 Å². The fraction of sp³-hybridized carbons (Fsp3) is 0.833. The van der Waals surface area contributed by atoms with Crippen molar-refractivity contribution in [2.75, 3.05) is 20.8 Å². The molecule has 1 saturated heterocycles. The van der Waals surface area contributed by atoms with Crippen LogP contribution < -0.4 is 0 Å². The molecule has 30 heavy (non-hydrogen) atoms. The lowest BCUT2D eigenvalue weighted by atomic mass is 9.77. The molecule has 3 rings (SSSR count). The van der Waals surface area contributed by atoms with Gasteiger partial charge in [0, 0.05) is 13.5 Å². The lowest BCUT2D eigenvalue weighted by molar-refractivity contribution is -0.352.